The highest BCUT2D eigenvalue weighted by Gasteiger charge is 2.21. The van der Waals surface area contributed by atoms with Crippen molar-refractivity contribution >= 4 is 12.0 Å². The second-order valence-electron chi connectivity index (χ2n) is 4.94. The highest BCUT2D eigenvalue weighted by molar-refractivity contribution is 5.74. The summed E-state index contributed by atoms with van der Waals surface area (Å²) in [5.41, 5.74) is 10.5. The van der Waals surface area contributed by atoms with Crippen LogP contribution >= 0.6 is 0 Å². The summed E-state index contributed by atoms with van der Waals surface area (Å²) < 4.78 is 1.47. The van der Waals surface area contributed by atoms with E-state index in [0.29, 0.717) is 5.69 Å². The molecule has 0 saturated carbocycles. The minimum atomic E-state index is -1.14. The summed E-state index contributed by atoms with van der Waals surface area (Å²) in [5.74, 6) is -1.11. The minimum absolute atomic E-state index is 0.358. The van der Waals surface area contributed by atoms with Crippen LogP contribution in [0.3, 0.4) is 0 Å². The molecule has 3 N–H and O–H groups in total. The summed E-state index contributed by atoms with van der Waals surface area (Å²) in [5, 5.41) is 16.7. The highest BCUT2D eigenvalue weighted by Crippen LogP contribution is 2.27. The molecule has 0 fully saturated rings. The smallest absolute Gasteiger partial charge is 0.326 e. The van der Waals surface area contributed by atoms with Crippen LogP contribution < -0.4 is 5.73 Å². The van der Waals surface area contributed by atoms with Crippen LogP contribution in [0.15, 0.2) is 30.0 Å². The van der Waals surface area contributed by atoms with Gasteiger partial charge in [-0.1, -0.05) is 22.9 Å². The van der Waals surface area contributed by atoms with Gasteiger partial charge in [-0.05, 0) is 36.6 Å². The molecule has 20 heavy (non-hydrogen) atoms. The van der Waals surface area contributed by atoms with E-state index >= 15 is 0 Å². The fourth-order valence-corrected chi connectivity index (χ4v) is 2.41. The molecular formula is C14H14N4O2. The Labute approximate surface area is 115 Å². The number of hydrogen-bond donors (Lipinski definition) is 2. The number of rotatable bonds is 3. The predicted molar refractivity (Wildman–Crippen MR) is 73.3 cm³/mol. The van der Waals surface area contributed by atoms with E-state index in [1.807, 2.05) is 18.2 Å². The maximum absolute atomic E-state index is 11.0. The van der Waals surface area contributed by atoms with Gasteiger partial charge in [0, 0.05) is 0 Å². The van der Waals surface area contributed by atoms with E-state index in [1.165, 1.54) is 22.0 Å². The van der Waals surface area contributed by atoms with E-state index in [4.69, 9.17) is 10.8 Å². The number of benzene rings is 1. The topological polar surface area (TPSA) is 94.0 Å². The fourth-order valence-electron chi connectivity index (χ4n) is 2.41. The molecule has 1 unspecified atom stereocenters. The van der Waals surface area contributed by atoms with Gasteiger partial charge in [0.05, 0.1) is 17.6 Å². The lowest BCUT2D eigenvalue weighted by Crippen LogP contribution is -2.23. The molecule has 0 saturated heterocycles. The Hall–Kier alpha value is -2.47. The average molecular weight is 270 g/mol. The SMILES string of the molecule is CC1=Cc2cc(-n3nncc3C(N)C(=O)O)ccc2C1. The van der Waals surface area contributed by atoms with Crippen molar-refractivity contribution in [3.63, 3.8) is 0 Å². The zero-order valence-corrected chi connectivity index (χ0v) is 10.9. The number of allylic oxidation sites excluding steroid dienone is 1. The first-order valence-electron chi connectivity index (χ1n) is 6.25. The van der Waals surface area contributed by atoms with Crippen LogP contribution in [-0.4, -0.2) is 26.1 Å². The quantitative estimate of drug-likeness (QED) is 0.877. The van der Waals surface area contributed by atoms with Crippen LogP contribution in [0.2, 0.25) is 0 Å². The number of aromatic nitrogens is 3. The Morgan fingerprint density at radius 1 is 1.50 bits per heavy atom. The van der Waals surface area contributed by atoms with Crippen molar-refractivity contribution < 1.29 is 9.90 Å². The molecular weight excluding hydrogens is 256 g/mol. The molecule has 0 amide bonds. The maximum atomic E-state index is 11.0. The molecule has 2 aromatic rings. The third kappa shape index (κ3) is 2.00. The Kier molecular flexibility index (Phi) is 2.87. The van der Waals surface area contributed by atoms with E-state index in [9.17, 15) is 4.79 Å². The van der Waals surface area contributed by atoms with Gasteiger partial charge >= 0.3 is 5.97 Å². The number of carbonyl (C=O) groups is 1. The van der Waals surface area contributed by atoms with Crippen molar-refractivity contribution in [2.75, 3.05) is 0 Å². The zero-order chi connectivity index (χ0) is 14.3. The van der Waals surface area contributed by atoms with E-state index in [0.717, 1.165) is 17.7 Å². The molecule has 1 atom stereocenters. The molecule has 0 aliphatic heterocycles. The molecule has 6 heteroatoms. The lowest BCUT2D eigenvalue weighted by Gasteiger charge is -2.10. The molecule has 0 bridgehead atoms. The highest BCUT2D eigenvalue weighted by atomic mass is 16.4. The van der Waals surface area contributed by atoms with Crippen LogP contribution in [0.1, 0.15) is 29.8 Å². The van der Waals surface area contributed by atoms with Gasteiger partial charge in [-0.3, -0.25) is 4.79 Å². The number of hydrogen-bond acceptors (Lipinski definition) is 4. The van der Waals surface area contributed by atoms with Crippen LogP contribution in [0, 0.1) is 0 Å². The first kappa shape index (κ1) is 12.6. The van der Waals surface area contributed by atoms with E-state index in [2.05, 4.69) is 23.3 Å². The third-order valence-corrected chi connectivity index (χ3v) is 3.41. The average Bonchev–Trinajstić information content (AvgIpc) is 3.01. The molecule has 1 aliphatic carbocycles. The summed E-state index contributed by atoms with van der Waals surface area (Å²) in [4.78, 5) is 11.0. The number of fused-ring (bicyclic) bond motifs is 1. The summed E-state index contributed by atoms with van der Waals surface area (Å²) in [6.45, 7) is 2.08. The summed E-state index contributed by atoms with van der Waals surface area (Å²) in [7, 11) is 0. The fraction of sp³-hybridized carbons (Fsp3) is 0.214. The van der Waals surface area contributed by atoms with Crippen molar-refractivity contribution in [3.05, 3.63) is 46.8 Å². The first-order valence-corrected chi connectivity index (χ1v) is 6.25. The predicted octanol–water partition coefficient (Wildman–Crippen LogP) is 1.31. The number of nitrogens with two attached hydrogens (primary N) is 1. The van der Waals surface area contributed by atoms with E-state index < -0.39 is 12.0 Å². The van der Waals surface area contributed by atoms with Crippen molar-refractivity contribution in [2.45, 2.75) is 19.4 Å². The molecule has 1 aromatic heterocycles. The molecule has 1 heterocycles. The largest absolute Gasteiger partial charge is 0.480 e. The number of carboxylic acids is 1. The second-order valence-corrected chi connectivity index (χ2v) is 4.94. The van der Waals surface area contributed by atoms with Gasteiger partial charge in [-0.15, -0.1) is 5.10 Å². The van der Waals surface area contributed by atoms with Crippen LogP contribution in [-0.2, 0) is 11.2 Å². The maximum Gasteiger partial charge on any atom is 0.326 e. The van der Waals surface area contributed by atoms with Gasteiger partial charge in [0.1, 0.15) is 6.04 Å². The third-order valence-electron chi connectivity index (χ3n) is 3.41. The molecule has 0 radical (unpaired) electrons. The normalized spacial score (nSPS) is 14.8. The van der Waals surface area contributed by atoms with Crippen molar-refractivity contribution in [1.29, 1.82) is 0 Å². The Morgan fingerprint density at radius 3 is 3.05 bits per heavy atom. The number of nitrogens with zero attached hydrogens (tertiary/aromatic N) is 3. The van der Waals surface area contributed by atoms with Gasteiger partial charge in [0.25, 0.3) is 0 Å². The van der Waals surface area contributed by atoms with Crippen molar-refractivity contribution in [2.24, 2.45) is 5.73 Å². The lowest BCUT2D eigenvalue weighted by atomic mass is 10.1. The Morgan fingerprint density at radius 2 is 2.30 bits per heavy atom. The van der Waals surface area contributed by atoms with Gasteiger partial charge < -0.3 is 10.8 Å². The van der Waals surface area contributed by atoms with Crippen LogP contribution in [0.4, 0.5) is 0 Å². The minimum Gasteiger partial charge on any atom is -0.480 e. The molecule has 3 rings (SSSR count). The van der Waals surface area contributed by atoms with Gasteiger partial charge in [-0.2, -0.15) is 0 Å². The zero-order valence-electron chi connectivity index (χ0n) is 10.9. The molecule has 0 spiro atoms. The molecule has 6 nitrogen and oxygen atoms in total. The first-order chi connectivity index (χ1) is 9.56. The van der Waals surface area contributed by atoms with Crippen molar-refractivity contribution in [3.8, 4) is 5.69 Å². The summed E-state index contributed by atoms with van der Waals surface area (Å²) in [6, 6.07) is 4.75. The van der Waals surface area contributed by atoms with Crippen molar-refractivity contribution in [1.82, 2.24) is 15.0 Å². The van der Waals surface area contributed by atoms with Crippen LogP contribution in [0.5, 0.6) is 0 Å². The monoisotopic (exact) mass is 270 g/mol. The Balaban J connectivity index is 2.05. The molecule has 1 aromatic carbocycles. The van der Waals surface area contributed by atoms with Gasteiger partial charge in [-0.25, -0.2) is 4.68 Å². The van der Waals surface area contributed by atoms with Gasteiger partial charge in [0.2, 0.25) is 0 Å². The van der Waals surface area contributed by atoms with Crippen LogP contribution in [0.25, 0.3) is 11.8 Å². The van der Waals surface area contributed by atoms with E-state index in [-0.39, 0.29) is 0 Å². The van der Waals surface area contributed by atoms with E-state index in [1.54, 1.807) is 0 Å². The lowest BCUT2D eigenvalue weighted by molar-refractivity contribution is -0.138. The molecule has 1 aliphatic rings. The second kappa shape index (κ2) is 4.57. The number of aliphatic carboxylic acids is 1. The summed E-state index contributed by atoms with van der Waals surface area (Å²) in [6.07, 6.45) is 4.45. The standard InChI is InChI=1S/C14H14N4O2/c1-8-4-9-2-3-11(6-10(9)5-8)18-12(7-16-17-18)13(15)14(19)20/h2-3,5-7,13H,4,15H2,1H3,(H,19,20). The summed E-state index contributed by atoms with van der Waals surface area (Å²) >= 11 is 0. The molecule has 102 valence electrons. The van der Waals surface area contributed by atoms with Gasteiger partial charge in [0.15, 0.2) is 0 Å². The Bertz CT molecular complexity index is 718. The number of carboxylic acid groups (broad SMARTS) is 1.